The van der Waals surface area contributed by atoms with E-state index in [4.69, 9.17) is 11.6 Å². The summed E-state index contributed by atoms with van der Waals surface area (Å²) in [6.07, 6.45) is 4.83. The van der Waals surface area contributed by atoms with Gasteiger partial charge in [0.15, 0.2) is 0 Å². The Kier molecular flexibility index (Phi) is 4.26. The first-order valence-electron chi connectivity index (χ1n) is 8.20. The monoisotopic (exact) mass is 345 g/mol. The fraction of sp³-hybridized carbons (Fsp3) is 0.412. The Morgan fingerprint density at radius 3 is 3.04 bits per heavy atom. The first-order valence-corrected chi connectivity index (χ1v) is 8.58. The summed E-state index contributed by atoms with van der Waals surface area (Å²) in [7, 11) is 0. The molecule has 3 aromatic rings. The molecular weight excluding hydrogens is 326 g/mol. The highest BCUT2D eigenvalue weighted by Crippen LogP contribution is 2.28. The number of nitrogens with one attached hydrogen (secondary N) is 2. The smallest absolute Gasteiger partial charge is 0.0924 e. The van der Waals surface area contributed by atoms with E-state index in [0.717, 1.165) is 36.0 Å². The van der Waals surface area contributed by atoms with E-state index in [1.54, 1.807) is 6.20 Å². The Morgan fingerprint density at radius 1 is 1.33 bits per heavy atom. The van der Waals surface area contributed by atoms with Crippen LogP contribution in [0.15, 0.2) is 36.7 Å². The van der Waals surface area contributed by atoms with E-state index in [1.165, 1.54) is 0 Å². The molecule has 1 aromatic carbocycles. The third kappa shape index (κ3) is 3.17. The topological polar surface area (TPSA) is 78.8 Å². The second-order valence-electron chi connectivity index (χ2n) is 6.49. The van der Waals surface area contributed by atoms with Crippen molar-refractivity contribution >= 4 is 22.5 Å². The van der Waals surface area contributed by atoms with Crippen molar-refractivity contribution in [1.29, 1.82) is 0 Å². The lowest BCUT2D eigenvalue weighted by atomic mass is 10.1. The molecule has 1 aliphatic carbocycles. The van der Waals surface area contributed by atoms with E-state index >= 15 is 0 Å². The van der Waals surface area contributed by atoms with Gasteiger partial charge in [0.05, 0.1) is 28.5 Å². The molecule has 6 nitrogen and oxygen atoms in total. The summed E-state index contributed by atoms with van der Waals surface area (Å²) in [5, 5.41) is 27.2. The average Bonchev–Trinajstić information content (AvgIpc) is 3.25. The summed E-state index contributed by atoms with van der Waals surface area (Å²) in [6.45, 7) is 1.46. The molecule has 2 heterocycles. The van der Waals surface area contributed by atoms with Gasteiger partial charge in [-0.25, -0.2) is 0 Å². The molecule has 1 saturated carbocycles. The second-order valence-corrected chi connectivity index (χ2v) is 6.93. The van der Waals surface area contributed by atoms with Crippen LogP contribution in [0, 0.1) is 5.92 Å². The van der Waals surface area contributed by atoms with E-state index in [2.05, 4.69) is 26.7 Å². The van der Waals surface area contributed by atoms with Crippen molar-refractivity contribution in [2.75, 3.05) is 0 Å². The van der Waals surface area contributed by atoms with E-state index in [0.29, 0.717) is 17.5 Å². The fourth-order valence-electron chi connectivity index (χ4n) is 3.57. The summed E-state index contributed by atoms with van der Waals surface area (Å²) in [5.41, 5.74) is 2.02. The molecular formula is C17H20ClN5O. The predicted molar refractivity (Wildman–Crippen MR) is 92.7 cm³/mol. The molecule has 0 spiro atoms. The Morgan fingerprint density at radius 2 is 2.21 bits per heavy atom. The second kappa shape index (κ2) is 6.55. The zero-order chi connectivity index (χ0) is 16.5. The molecule has 3 atom stereocenters. The van der Waals surface area contributed by atoms with Crippen molar-refractivity contribution in [3.8, 4) is 0 Å². The lowest BCUT2D eigenvalue weighted by Gasteiger charge is -2.15. The summed E-state index contributed by atoms with van der Waals surface area (Å²) in [5.74, 6) is 0.395. The zero-order valence-corrected chi connectivity index (χ0v) is 13.9. The first-order chi connectivity index (χ1) is 11.7. The molecule has 24 heavy (non-hydrogen) atoms. The number of aromatic amines is 1. The van der Waals surface area contributed by atoms with Gasteiger partial charge in [0.2, 0.25) is 0 Å². The van der Waals surface area contributed by atoms with Gasteiger partial charge in [-0.1, -0.05) is 29.8 Å². The number of halogens is 1. The Bertz CT molecular complexity index is 829. The van der Waals surface area contributed by atoms with Crippen LogP contribution in [0.3, 0.4) is 0 Å². The minimum absolute atomic E-state index is 0.0862. The molecule has 3 N–H and O–H groups in total. The standard InChI is InChI=1S/C17H20ClN5O/c18-12-7-20-23(10-12)9-11-5-15(17(24)6-11)19-8-16-13-3-1-2-4-14(13)21-22-16/h1-4,7,10-11,15,17,19,24H,5-6,8-9H2,(H,21,22)/t11?,15-,17-/m1/s1. The van der Waals surface area contributed by atoms with Gasteiger partial charge in [-0.15, -0.1) is 0 Å². The minimum atomic E-state index is -0.338. The number of H-pyrrole nitrogens is 1. The number of nitrogens with zero attached hydrogens (tertiary/aromatic N) is 3. The van der Waals surface area contributed by atoms with E-state index in [1.807, 2.05) is 29.1 Å². The minimum Gasteiger partial charge on any atom is -0.391 e. The molecule has 7 heteroatoms. The number of aliphatic hydroxyl groups is 1. The highest BCUT2D eigenvalue weighted by Gasteiger charge is 2.33. The van der Waals surface area contributed by atoms with Crippen LogP contribution >= 0.6 is 11.6 Å². The average molecular weight is 346 g/mol. The van der Waals surface area contributed by atoms with Crippen LogP contribution in [0.25, 0.3) is 10.9 Å². The van der Waals surface area contributed by atoms with Gasteiger partial charge in [-0.05, 0) is 24.8 Å². The van der Waals surface area contributed by atoms with Crippen molar-refractivity contribution in [2.45, 2.75) is 38.1 Å². The molecule has 1 fully saturated rings. The van der Waals surface area contributed by atoms with Crippen LogP contribution in [0.2, 0.25) is 5.02 Å². The van der Waals surface area contributed by atoms with Gasteiger partial charge >= 0.3 is 0 Å². The van der Waals surface area contributed by atoms with Crippen LogP contribution in [-0.2, 0) is 13.1 Å². The quantitative estimate of drug-likeness (QED) is 0.663. The summed E-state index contributed by atoms with van der Waals surface area (Å²) in [6, 6.07) is 8.13. The van der Waals surface area contributed by atoms with E-state index in [-0.39, 0.29) is 12.1 Å². The molecule has 0 saturated heterocycles. The molecule has 0 bridgehead atoms. The number of hydrogen-bond acceptors (Lipinski definition) is 4. The van der Waals surface area contributed by atoms with Crippen LogP contribution in [-0.4, -0.2) is 37.2 Å². The third-order valence-electron chi connectivity index (χ3n) is 4.76. The molecule has 1 aliphatic rings. The van der Waals surface area contributed by atoms with Crippen molar-refractivity contribution in [2.24, 2.45) is 5.92 Å². The molecule has 0 amide bonds. The number of aromatic nitrogens is 4. The summed E-state index contributed by atoms with van der Waals surface area (Å²) < 4.78 is 1.85. The highest BCUT2D eigenvalue weighted by atomic mass is 35.5. The van der Waals surface area contributed by atoms with Crippen molar-refractivity contribution in [1.82, 2.24) is 25.3 Å². The largest absolute Gasteiger partial charge is 0.391 e. The molecule has 0 aliphatic heterocycles. The molecule has 4 rings (SSSR count). The van der Waals surface area contributed by atoms with Crippen molar-refractivity contribution in [3.63, 3.8) is 0 Å². The number of para-hydroxylation sites is 1. The zero-order valence-electron chi connectivity index (χ0n) is 13.2. The number of benzene rings is 1. The van der Waals surface area contributed by atoms with E-state index in [9.17, 15) is 5.11 Å². The van der Waals surface area contributed by atoms with Gasteiger partial charge in [-0.3, -0.25) is 9.78 Å². The number of aliphatic hydroxyl groups excluding tert-OH is 1. The predicted octanol–water partition coefficient (Wildman–Crippen LogP) is 2.34. The Balaban J connectivity index is 1.36. The van der Waals surface area contributed by atoms with Gasteiger partial charge in [-0.2, -0.15) is 10.2 Å². The lowest BCUT2D eigenvalue weighted by molar-refractivity contribution is 0.145. The van der Waals surface area contributed by atoms with Gasteiger partial charge < -0.3 is 10.4 Å². The van der Waals surface area contributed by atoms with Crippen LogP contribution in [0.5, 0.6) is 0 Å². The highest BCUT2D eigenvalue weighted by molar-refractivity contribution is 6.30. The number of fused-ring (bicyclic) bond motifs is 1. The maximum Gasteiger partial charge on any atom is 0.0924 e. The lowest BCUT2D eigenvalue weighted by Crippen LogP contribution is -2.35. The van der Waals surface area contributed by atoms with Gasteiger partial charge in [0, 0.05) is 30.7 Å². The molecule has 126 valence electrons. The van der Waals surface area contributed by atoms with Crippen LogP contribution < -0.4 is 5.32 Å². The summed E-state index contributed by atoms with van der Waals surface area (Å²) in [4.78, 5) is 0. The van der Waals surface area contributed by atoms with Gasteiger partial charge in [0.25, 0.3) is 0 Å². The van der Waals surface area contributed by atoms with Crippen molar-refractivity contribution < 1.29 is 5.11 Å². The maximum atomic E-state index is 10.3. The maximum absolute atomic E-state index is 10.3. The van der Waals surface area contributed by atoms with Crippen molar-refractivity contribution in [3.05, 3.63) is 47.4 Å². The van der Waals surface area contributed by atoms with Crippen LogP contribution in [0.4, 0.5) is 0 Å². The number of rotatable bonds is 5. The summed E-state index contributed by atoms with van der Waals surface area (Å²) >= 11 is 5.90. The first kappa shape index (κ1) is 15.6. The molecule has 1 unspecified atom stereocenters. The van der Waals surface area contributed by atoms with Gasteiger partial charge in [0.1, 0.15) is 0 Å². The SMILES string of the molecule is O[C@@H]1CC(Cn2cc(Cl)cn2)C[C@H]1NCc1[nH]nc2ccccc12. The Hall–Kier alpha value is -1.89. The number of hydrogen-bond donors (Lipinski definition) is 3. The Labute approximate surface area is 144 Å². The van der Waals surface area contributed by atoms with Crippen LogP contribution in [0.1, 0.15) is 18.5 Å². The molecule has 2 aromatic heterocycles. The molecule has 0 radical (unpaired) electrons. The third-order valence-corrected chi connectivity index (χ3v) is 4.95. The van der Waals surface area contributed by atoms with E-state index < -0.39 is 0 Å². The fourth-order valence-corrected chi connectivity index (χ4v) is 3.73. The normalized spacial score (nSPS) is 24.0.